The van der Waals surface area contributed by atoms with Crippen molar-refractivity contribution in [3.8, 4) is 5.75 Å². The molecule has 0 spiro atoms. The van der Waals surface area contributed by atoms with Gasteiger partial charge in [0.1, 0.15) is 23.0 Å². The van der Waals surface area contributed by atoms with Crippen molar-refractivity contribution in [3.05, 3.63) is 64.4 Å². The van der Waals surface area contributed by atoms with Gasteiger partial charge in [-0.25, -0.2) is 9.59 Å². The number of ether oxygens (including phenoxy) is 2. The molecule has 0 bridgehead atoms. The van der Waals surface area contributed by atoms with E-state index in [4.69, 9.17) is 18.3 Å². The largest absolute Gasteiger partial charge is 0.476 e. The first-order chi connectivity index (χ1) is 11.7. The van der Waals surface area contributed by atoms with Crippen molar-refractivity contribution in [2.24, 2.45) is 0 Å². The zero-order valence-corrected chi connectivity index (χ0v) is 12.9. The maximum absolute atomic E-state index is 12.5. The minimum Gasteiger partial charge on any atom is -0.476 e. The van der Waals surface area contributed by atoms with Gasteiger partial charge in [0.25, 0.3) is 0 Å². The summed E-state index contributed by atoms with van der Waals surface area (Å²) in [6.45, 7) is 1.93. The van der Waals surface area contributed by atoms with Gasteiger partial charge < -0.3 is 18.3 Å². The van der Waals surface area contributed by atoms with Gasteiger partial charge in [-0.1, -0.05) is 12.1 Å². The zero-order chi connectivity index (χ0) is 16.7. The van der Waals surface area contributed by atoms with Crippen LogP contribution in [-0.4, -0.2) is 18.7 Å². The van der Waals surface area contributed by atoms with E-state index in [0.29, 0.717) is 22.5 Å². The summed E-state index contributed by atoms with van der Waals surface area (Å²) in [4.78, 5) is 24.9. The molecule has 0 radical (unpaired) electrons. The van der Waals surface area contributed by atoms with E-state index in [1.165, 1.54) is 6.26 Å². The highest BCUT2D eigenvalue weighted by molar-refractivity contribution is 5.88. The second-order valence-corrected chi connectivity index (χ2v) is 5.41. The highest BCUT2D eigenvalue weighted by Gasteiger charge is 2.46. The van der Waals surface area contributed by atoms with E-state index in [2.05, 4.69) is 0 Å². The van der Waals surface area contributed by atoms with Crippen LogP contribution < -0.4 is 10.4 Å². The minimum absolute atomic E-state index is 0.218. The van der Waals surface area contributed by atoms with Crippen molar-refractivity contribution >= 4 is 16.9 Å². The van der Waals surface area contributed by atoms with E-state index in [1.807, 2.05) is 6.07 Å². The number of rotatable bonds is 3. The zero-order valence-electron chi connectivity index (χ0n) is 12.9. The number of para-hydroxylation sites is 1. The Bertz CT molecular complexity index is 953. The predicted octanol–water partition coefficient (Wildman–Crippen LogP) is 2.84. The fourth-order valence-corrected chi connectivity index (χ4v) is 3.05. The smallest absolute Gasteiger partial charge is 0.348 e. The van der Waals surface area contributed by atoms with E-state index < -0.39 is 23.6 Å². The lowest BCUT2D eigenvalue weighted by Gasteiger charge is -2.15. The molecule has 6 nitrogen and oxygen atoms in total. The second kappa shape index (κ2) is 5.56. The van der Waals surface area contributed by atoms with Crippen LogP contribution in [0.3, 0.4) is 0 Å². The molecular formula is C18H14O6. The molecular weight excluding hydrogens is 312 g/mol. The van der Waals surface area contributed by atoms with Gasteiger partial charge >= 0.3 is 11.6 Å². The normalized spacial score (nSPS) is 19.0. The van der Waals surface area contributed by atoms with Crippen LogP contribution in [0.4, 0.5) is 0 Å². The number of furan rings is 1. The lowest BCUT2D eigenvalue weighted by atomic mass is 9.93. The summed E-state index contributed by atoms with van der Waals surface area (Å²) in [6, 6.07) is 10.4. The van der Waals surface area contributed by atoms with E-state index in [-0.39, 0.29) is 12.2 Å². The van der Waals surface area contributed by atoms with Crippen LogP contribution in [0.1, 0.15) is 24.2 Å². The molecule has 1 aromatic carbocycles. The van der Waals surface area contributed by atoms with Crippen molar-refractivity contribution in [2.45, 2.75) is 18.9 Å². The van der Waals surface area contributed by atoms with E-state index in [1.54, 1.807) is 37.3 Å². The summed E-state index contributed by atoms with van der Waals surface area (Å²) in [5, 5.41) is 0.635. The molecule has 4 rings (SSSR count). The van der Waals surface area contributed by atoms with Crippen molar-refractivity contribution in [3.63, 3.8) is 0 Å². The molecule has 3 aromatic rings. The Balaban J connectivity index is 1.95. The SMILES string of the molecule is CCOC(=O)[C@H]1Oc2c(c(=O)oc3ccccc23)[C@@H]1c1ccco1. The quantitative estimate of drug-likeness (QED) is 0.544. The number of benzene rings is 1. The molecule has 0 unspecified atom stereocenters. The maximum Gasteiger partial charge on any atom is 0.348 e. The van der Waals surface area contributed by atoms with Crippen LogP contribution in [0.15, 0.2) is 56.3 Å². The topological polar surface area (TPSA) is 78.9 Å². The van der Waals surface area contributed by atoms with Crippen LogP contribution in [0.5, 0.6) is 5.75 Å². The second-order valence-electron chi connectivity index (χ2n) is 5.41. The summed E-state index contributed by atoms with van der Waals surface area (Å²) in [7, 11) is 0. The van der Waals surface area contributed by atoms with Crippen LogP contribution in [-0.2, 0) is 9.53 Å². The number of hydrogen-bond donors (Lipinski definition) is 0. The average molecular weight is 326 g/mol. The highest BCUT2D eigenvalue weighted by Crippen LogP contribution is 2.44. The Kier molecular flexibility index (Phi) is 3.37. The molecule has 3 heterocycles. The van der Waals surface area contributed by atoms with Gasteiger partial charge in [-0.15, -0.1) is 0 Å². The summed E-state index contributed by atoms with van der Waals surface area (Å²) in [6.07, 6.45) is 0.498. The molecule has 0 N–H and O–H groups in total. The highest BCUT2D eigenvalue weighted by atomic mass is 16.6. The van der Waals surface area contributed by atoms with Gasteiger partial charge in [-0.3, -0.25) is 0 Å². The first-order valence-corrected chi connectivity index (χ1v) is 7.63. The first-order valence-electron chi connectivity index (χ1n) is 7.63. The average Bonchev–Trinajstić information content (AvgIpc) is 3.22. The number of esters is 1. The maximum atomic E-state index is 12.5. The van der Waals surface area contributed by atoms with Gasteiger partial charge in [0.2, 0.25) is 6.10 Å². The lowest BCUT2D eigenvalue weighted by molar-refractivity contribution is -0.151. The molecule has 1 aliphatic heterocycles. The molecule has 6 heteroatoms. The predicted molar refractivity (Wildman–Crippen MR) is 84.1 cm³/mol. The fourth-order valence-electron chi connectivity index (χ4n) is 3.05. The van der Waals surface area contributed by atoms with Crippen LogP contribution in [0.25, 0.3) is 11.0 Å². The van der Waals surface area contributed by atoms with Gasteiger partial charge in [0, 0.05) is 0 Å². The van der Waals surface area contributed by atoms with Crippen LogP contribution in [0.2, 0.25) is 0 Å². The Morgan fingerprint density at radius 1 is 1.21 bits per heavy atom. The van der Waals surface area contributed by atoms with Crippen molar-refractivity contribution in [1.82, 2.24) is 0 Å². The summed E-state index contributed by atoms with van der Waals surface area (Å²) in [5.41, 5.74) is 0.141. The number of carbonyl (C=O) groups excluding carboxylic acids is 1. The molecule has 0 aliphatic carbocycles. The fraction of sp³-hybridized carbons (Fsp3) is 0.222. The third-order valence-corrected chi connectivity index (χ3v) is 4.03. The summed E-state index contributed by atoms with van der Waals surface area (Å²) in [5.74, 6) is -0.441. The molecule has 0 fully saturated rings. The molecule has 24 heavy (non-hydrogen) atoms. The molecule has 0 saturated carbocycles. The van der Waals surface area contributed by atoms with E-state index in [9.17, 15) is 9.59 Å². The van der Waals surface area contributed by atoms with E-state index in [0.717, 1.165) is 0 Å². The van der Waals surface area contributed by atoms with E-state index >= 15 is 0 Å². The molecule has 2 aromatic heterocycles. The van der Waals surface area contributed by atoms with Crippen molar-refractivity contribution < 1.29 is 23.1 Å². The molecule has 0 amide bonds. The van der Waals surface area contributed by atoms with Gasteiger partial charge in [-0.2, -0.15) is 0 Å². The third kappa shape index (κ3) is 2.11. The monoisotopic (exact) mass is 326 g/mol. The van der Waals surface area contributed by atoms with Gasteiger partial charge in [0.15, 0.2) is 0 Å². The molecule has 0 saturated heterocycles. The Labute approximate surface area is 136 Å². The van der Waals surface area contributed by atoms with Gasteiger partial charge in [-0.05, 0) is 31.2 Å². The summed E-state index contributed by atoms with van der Waals surface area (Å²) < 4.78 is 21.8. The minimum atomic E-state index is -0.986. The third-order valence-electron chi connectivity index (χ3n) is 4.03. The van der Waals surface area contributed by atoms with Crippen molar-refractivity contribution in [2.75, 3.05) is 6.61 Å². The number of carbonyl (C=O) groups is 1. The molecule has 1 aliphatic rings. The molecule has 2 atom stereocenters. The standard InChI is InChI=1S/C18H14O6/c1-2-21-18(20)16-13(12-8-5-9-22-12)14-15(24-16)10-6-3-4-7-11(10)23-17(14)19/h3-9,13,16H,2H2,1H3/t13-,16-/m0/s1. The Morgan fingerprint density at radius 3 is 2.79 bits per heavy atom. The van der Waals surface area contributed by atoms with Crippen LogP contribution >= 0.6 is 0 Å². The Hall–Kier alpha value is -3.02. The number of hydrogen-bond acceptors (Lipinski definition) is 6. The van der Waals surface area contributed by atoms with Crippen molar-refractivity contribution in [1.29, 1.82) is 0 Å². The summed E-state index contributed by atoms with van der Waals surface area (Å²) >= 11 is 0. The Morgan fingerprint density at radius 2 is 2.04 bits per heavy atom. The van der Waals surface area contributed by atoms with Crippen LogP contribution in [0, 0.1) is 0 Å². The number of fused-ring (bicyclic) bond motifs is 3. The van der Waals surface area contributed by atoms with Gasteiger partial charge in [0.05, 0.1) is 23.8 Å². The first kappa shape index (κ1) is 14.6. The lowest BCUT2D eigenvalue weighted by Crippen LogP contribution is -2.32. The molecule has 122 valence electrons.